The summed E-state index contributed by atoms with van der Waals surface area (Å²) < 4.78 is 23.8. The number of aliphatic hydroxyl groups is 10. The van der Waals surface area contributed by atoms with E-state index in [9.17, 15) is 60.7 Å². The Morgan fingerprint density at radius 3 is 1.87 bits per heavy atom. The van der Waals surface area contributed by atoms with E-state index in [-0.39, 0.29) is 31.6 Å². The highest BCUT2D eigenvalue weighted by Crippen LogP contribution is 2.35. The molecule has 0 spiro atoms. The highest BCUT2D eigenvalue weighted by atomic mass is 16.7. The van der Waals surface area contributed by atoms with Gasteiger partial charge in [0.1, 0.15) is 12.2 Å². The van der Waals surface area contributed by atoms with Crippen LogP contribution < -0.4 is 27.4 Å². The quantitative estimate of drug-likeness (QED) is 0.0922. The van der Waals surface area contributed by atoms with E-state index in [0.29, 0.717) is 0 Å². The summed E-state index contributed by atoms with van der Waals surface area (Å²) in [5, 5.41) is 115. The van der Waals surface area contributed by atoms with Crippen LogP contribution in [0.4, 0.5) is 4.79 Å². The molecule has 0 radical (unpaired) electrons. The fourth-order valence-electron chi connectivity index (χ4n) is 8.29. The molecular weight excluding hydrogens is 903 g/mol. The van der Waals surface area contributed by atoms with Crippen molar-refractivity contribution in [3.8, 4) is 0 Å². The molecule has 2 bridgehead atoms. The summed E-state index contributed by atoms with van der Waals surface area (Å²) >= 11 is 0. The van der Waals surface area contributed by atoms with Gasteiger partial charge in [0.25, 0.3) is 0 Å². The number of aliphatic hydroxyl groups excluding tert-OH is 9. The molecule has 0 aromatic heterocycles. The lowest BCUT2D eigenvalue weighted by molar-refractivity contribution is -0.304. The Morgan fingerprint density at radius 2 is 1.28 bits per heavy atom. The minimum absolute atomic E-state index is 0.0949. The Bertz CT molecular complexity index is 1750. The van der Waals surface area contributed by atoms with Crippen molar-refractivity contribution in [1.29, 1.82) is 0 Å². The number of nitrogens with one attached hydrogen (secondary N) is 4. The van der Waals surface area contributed by atoms with E-state index in [1.165, 1.54) is 7.05 Å². The van der Waals surface area contributed by atoms with Gasteiger partial charge in [-0.25, -0.2) is 10.2 Å². The molecule has 3 heterocycles. The lowest BCUT2D eigenvalue weighted by Gasteiger charge is -2.46. The van der Waals surface area contributed by atoms with Gasteiger partial charge in [-0.1, -0.05) is 98.9 Å². The largest absolute Gasteiger partial charge is 0.462 e. The highest BCUT2D eigenvalue weighted by Gasteiger charge is 2.49. The summed E-state index contributed by atoms with van der Waals surface area (Å²) in [4.78, 5) is 25.3. The second-order valence-corrected chi connectivity index (χ2v) is 18.2. The van der Waals surface area contributed by atoms with Gasteiger partial charge < -0.3 is 80.6 Å². The number of allylic oxidation sites excluding steroid dienone is 12. The molecule has 0 aliphatic carbocycles. The number of esters is 1. The van der Waals surface area contributed by atoms with E-state index in [1.807, 2.05) is 37.3 Å². The number of urea groups is 1. The van der Waals surface area contributed by atoms with E-state index in [1.54, 1.807) is 75.5 Å². The minimum Gasteiger partial charge on any atom is -0.462 e. The van der Waals surface area contributed by atoms with E-state index >= 15 is 0 Å². The first kappa shape index (κ1) is 59.6. The van der Waals surface area contributed by atoms with Crippen molar-refractivity contribution in [2.24, 2.45) is 17.7 Å². The maximum absolute atomic E-state index is 12.7. The van der Waals surface area contributed by atoms with Crippen LogP contribution in [-0.4, -0.2) is 174 Å². The summed E-state index contributed by atoms with van der Waals surface area (Å²) in [5.74, 6) is 1.73. The van der Waals surface area contributed by atoms with E-state index in [0.717, 1.165) is 0 Å². The SMILES string of the molecule is CNC(=O)N[C@H]1C2C[C@@H](O[C@@H]3O[C@H](C)[C@@H](O)[C@H](NNN)[C@@H]3O)/C=C/C=C/C=C/C=C/C=C/C=C/C=C/[C@H](C)[C@@H](O)[C@@H](C)[C@H](C)OC(=O)C[C@H](O)C[C@H](O)CC[C@@H](O)[C@H](O)C[C@H](O)C[C@](O)(C[C@@H]1O)O2. The fraction of sp³-hybridized carbons (Fsp3) is 0.667. The zero-order valence-electron chi connectivity index (χ0n) is 40.1. The van der Waals surface area contributed by atoms with Crippen LogP contribution in [0.1, 0.15) is 79.1 Å². The first-order chi connectivity index (χ1) is 32.7. The molecule has 3 aliphatic heterocycles. The van der Waals surface area contributed by atoms with Gasteiger partial charge in [-0.15, -0.1) is 0 Å². The molecule has 3 aliphatic rings. The van der Waals surface area contributed by atoms with Crippen LogP contribution in [0.15, 0.2) is 85.1 Å². The van der Waals surface area contributed by atoms with E-state index in [2.05, 4.69) is 21.6 Å². The molecule has 19 atom stereocenters. The standard InChI is InChI=1S/C48H79N5O16/c1-28-18-16-14-12-10-8-6-7-9-11-13-15-17-19-35(68-46-45(63)42(52-53-49)44(62)31(4)67-46)25-39-41(51-47(64)50-5)38(59)27-48(65,69-39)26-34(56)23-37(58)36(57)21-20-32(54)22-33(55)24-40(60)66-30(3)29(2)43(28)61/h6-19,28-39,41-46,52-59,61-63,65H,20-27,49H2,1-5H3,(H2,50,51,64)/b7-6+,10-8+,11-9+,14-12+,15-13+,18-16+,19-17+/t28-,29-,30-,31+,32+,33+,34-,35-,36+,37+,38-,39?,41+,42-,43+,44+,45-,46-,48+/m0/s1. The van der Waals surface area contributed by atoms with Crippen LogP contribution >= 0.6 is 0 Å². The molecule has 0 aromatic rings. The number of carbonyl (C=O) groups excluding carboxylic acids is 2. The molecule has 2 fully saturated rings. The first-order valence-corrected chi connectivity index (χ1v) is 23.6. The predicted octanol–water partition coefficient (Wildman–Crippen LogP) is -0.682. The highest BCUT2D eigenvalue weighted by molar-refractivity contribution is 5.74. The lowest BCUT2D eigenvalue weighted by atomic mass is 9.87. The molecule has 2 amide bonds. The Labute approximate surface area is 404 Å². The van der Waals surface area contributed by atoms with Crippen LogP contribution in [0, 0.1) is 11.8 Å². The number of hydrogen-bond donors (Lipinski definition) is 15. The van der Waals surface area contributed by atoms with Gasteiger partial charge in [0.05, 0.1) is 85.6 Å². The van der Waals surface area contributed by atoms with Gasteiger partial charge in [-0.2, -0.15) is 5.53 Å². The molecule has 16 N–H and O–H groups in total. The van der Waals surface area contributed by atoms with Crippen molar-refractivity contribution in [2.45, 2.75) is 183 Å². The molecular formula is C48H79N5O16. The van der Waals surface area contributed by atoms with Gasteiger partial charge in [-0.05, 0) is 33.1 Å². The number of fused-ring (bicyclic) bond motifs is 2. The summed E-state index contributed by atoms with van der Waals surface area (Å²) in [6, 6.07) is -2.87. The summed E-state index contributed by atoms with van der Waals surface area (Å²) in [6.45, 7) is 6.80. The molecule has 21 heteroatoms. The second kappa shape index (κ2) is 30.2. The third-order valence-electron chi connectivity index (χ3n) is 12.5. The number of nitrogens with two attached hydrogens (primary N) is 1. The average molecular weight is 982 g/mol. The van der Waals surface area contributed by atoms with Crippen LogP contribution in [0.2, 0.25) is 0 Å². The number of ether oxygens (including phenoxy) is 4. The summed E-state index contributed by atoms with van der Waals surface area (Å²) in [6.07, 6.45) is 4.90. The third-order valence-corrected chi connectivity index (χ3v) is 12.5. The molecule has 0 saturated carbocycles. The van der Waals surface area contributed by atoms with Crippen molar-refractivity contribution in [3.05, 3.63) is 85.1 Å². The minimum atomic E-state index is -2.25. The van der Waals surface area contributed by atoms with E-state index in [4.69, 9.17) is 24.8 Å². The van der Waals surface area contributed by atoms with Gasteiger partial charge >= 0.3 is 12.0 Å². The predicted molar refractivity (Wildman–Crippen MR) is 254 cm³/mol. The molecule has 2 saturated heterocycles. The normalized spacial score (nSPS) is 43.4. The number of cyclic esters (lactones) is 1. The average Bonchev–Trinajstić information content (AvgIpc) is 3.28. The van der Waals surface area contributed by atoms with Gasteiger partial charge in [0.2, 0.25) is 0 Å². The maximum Gasteiger partial charge on any atom is 0.314 e. The van der Waals surface area contributed by atoms with Crippen LogP contribution in [-0.2, 0) is 23.7 Å². The number of amides is 2. The number of carbonyl (C=O) groups is 2. The van der Waals surface area contributed by atoms with Gasteiger partial charge in [0.15, 0.2) is 12.1 Å². The Kier molecular flexibility index (Phi) is 26.1. The Morgan fingerprint density at radius 1 is 0.681 bits per heavy atom. The fourth-order valence-corrected chi connectivity index (χ4v) is 8.29. The molecule has 3 rings (SSSR count). The van der Waals surface area contributed by atoms with Crippen LogP contribution in [0.3, 0.4) is 0 Å². The van der Waals surface area contributed by atoms with Crippen molar-refractivity contribution in [3.63, 3.8) is 0 Å². The summed E-state index contributed by atoms with van der Waals surface area (Å²) in [7, 11) is 1.37. The summed E-state index contributed by atoms with van der Waals surface area (Å²) in [5.41, 5.74) is 4.81. The molecule has 0 aromatic carbocycles. The number of hydrogen-bond acceptors (Lipinski definition) is 19. The maximum atomic E-state index is 12.7. The number of rotatable bonds is 5. The zero-order chi connectivity index (χ0) is 51.3. The number of hydrazine groups is 2. The Hall–Kier alpha value is -3.72. The van der Waals surface area contributed by atoms with Crippen LogP contribution in [0.5, 0.6) is 0 Å². The van der Waals surface area contributed by atoms with E-state index < -0.39 is 147 Å². The smallest absolute Gasteiger partial charge is 0.314 e. The monoisotopic (exact) mass is 982 g/mol. The second-order valence-electron chi connectivity index (χ2n) is 18.2. The Balaban J connectivity index is 1.92. The van der Waals surface area contributed by atoms with Crippen LogP contribution in [0.25, 0.3) is 0 Å². The molecule has 69 heavy (non-hydrogen) atoms. The molecule has 1 unspecified atom stereocenters. The van der Waals surface area contributed by atoms with Crippen molar-refractivity contribution < 1.29 is 79.6 Å². The van der Waals surface area contributed by atoms with Gasteiger partial charge in [-0.3, -0.25) is 10.6 Å². The topological polar surface area (TPSA) is 348 Å². The van der Waals surface area contributed by atoms with Crippen molar-refractivity contribution >= 4 is 12.0 Å². The lowest BCUT2D eigenvalue weighted by Crippen LogP contribution is -2.66. The third kappa shape index (κ3) is 20.5. The first-order valence-electron chi connectivity index (χ1n) is 23.6. The molecule has 392 valence electrons. The van der Waals surface area contributed by atoms with Crippen molar-refractivity contribution in [1.82, 2.24) is 21.6 Å². The van der Waals surface area contributed by atoms with Gasteiger partial charge in [0, 0.05) is 44.6 Å². The zero-order valence-corrected chi connectivity index (χ0v) is 40.1. The molecule has 21 nitrogen and oxygen atoms in total. The van der Waals surface area contributed by atoms with Crippen molar-refractivity contribution in [2.75, 3.05) is 7.05 Å².